The summed E-state index contributed by atoms with van der Waals surface area (Å²) in [4.78, 5) is 11.4. The molecule has 2 rings (SSSR count). The van der Waals surface area contributed by atoms with E-state index in [1.807, 2.05) is 0 Å². The minimum Gasteiger partial charge on any atom is -0.408 e. The summed E-state index contributed by atoms with van der Waals surface area (Å²) < 4.78 is 5.30. The molecule has 0 aromatic carbocycles. The van der Waals surface area contributed by atoms with Gasteiger partial charge in [0.2, 0.25) is 11.8 Å². The van der Waals surface area contributed by atoms with Gasteiger partial charge in [0.05, 0.1) is 5.75 Å². The molecule has 88 valence electrons. The summed E-state index contributed by atoms with van der Waals surface area (Å²) in [6.07, 6.45) is 2.20. The lowest BCUT2D eigenvalue weighted by Crippen LogP contribution is -2.15. The average molecular weight is 242 g/mol. The highest BCUT2D eigenvalue weighted by Gasteiger charge is 2.29. The Bertz CT molecular complexity index is 364. The highest BCUT2D eigenvalue weighted by molar-refractivity contribution is 7.99. The molecule has 16 heavy (non-hydrogen) atoms. The molecule has 6 nitrogen and oxygen atoms in total. The monoisotopic (exact) mass is 242 g/mol. The second-order valence-electron chi connectivity index (χ2n) is 3.61. The number of carbonyl (C=O) groups excluding carboxylic acids is 1. The van der Waals surface area contributed by atoms with E-state index in [0.29, 0.717) is 24.1 Å². The van der Waals surface area contributed by atoms with Crippen LogP contribution in [-0.2, 0) is 4.79 Å². The van der Waals surface area contributed by atoms with E-state index in [0.717, 1.165) is 18.6 Å². The van der Waals surface area contributed by atoms with Gasteiger partial charge in [0.1, 0.15) is 0 Å². The Kier molecular flexibility index (Phi) is 3.79. The standard InChI is InChI=1S/C9H14N4O2S/c10-3-4-16-5-7(14)11-9-13-12-8(15-9)6-1-2-6/h6H,1-5,10H2,(H,11,13,14). The summed E-state index contributed by atoms with van der Waals surface area (Å²) >= 11 is 1.48. The lowest BCUT2D eigenvalue weighted by Gasteiger charge is -1.98. The quantitative estimate of drug-likeness (QED) is 0.708. The molecule has 0 bridgehead atoms. The van der Waals surface area contributed by atoms with E-state index in [2.05, 4.69) is 15.5 Å². The predicted molar refractivity (Wildman–Crippen MR) is 61.3 cm³/mol. The third-order valence-electron chi connectivity index (χ3n) is 2.11. The first-order valence-corrected chi connectivity index (χ1v) is 6.36. The summed E-state index contributed by atoms with van der Waals surface area (Å²) in [5.41, 5.74) is 5.32. The number of hydrogen-bond donors (Lipinski definition) is 2. The van der Waals surface area contributed by atoms with Crippen molar-refractivity contribution in [2.45, 2.75) is 18.8 Å². The molecule has 0 aliphatic heterocycles. The summed E-state index contributed by atoms with van der Waals surface area (Å²) in [7, 11) is 0. The van der Waals surface area contributed by atoms with Gasteiger partial charge >= 0.3 is 6.01 Å². The van der Waals surface area contributed by atoms with Crippen molar-refractivity contribution in [1.82, 2.24) is 10.2 Å². The Morgan fingerprint density at radius 3 is 3.06 bits per heavy atom. The summed E-state index contributed by atoms with van der Waals surface area (Å²) in [5.74, 6) is 2.03. The van der Waals surface area contributed by atoms with Crippen molar-refractivity contribution in [1.29, 1.82) is 0 Å². The van der Waals surface area contributed by atoms with Crippen LogP contribution in [-0.4, -0.2) is 34.2 Å². The number of aromatic nitrogens is 2. The Hall–Kier alpha value is -1.08. The summed E-state index contributed by atoms with van der Waals surface area (Å²) in [6, 6.07) is 0.195. The number of carbonyl (C=O) groups is 1. The van der Waals surface area contributed by atoms with Crippen LogP contribution in [0.25, 0.3) is 0 Å². The maximum absolute atomic E-state index is 11.4. The van der Waals surface area contributed by atoms with Crippen LogP contribution in [0, 0.1) is 0 Å². The summed E-state index contributed by atoms with van der Waals surface area (Å²) in [6.45, 7) is 0.574. The third-order valence-corrected chi connectivity index (χ3v) is 3.10. The highest BCUT2D eigenvalue weighted by Crippen LogP contribution is 2.39. The van der Waals surface area contributed by atoms with E-state index in [1.165, 1.54) is 11.8 Å². The number of nitrogens with two attached hydrogens (primary N) is 1. The fourth-order valence-corrected chi connectivity index (χ4v) is 1.75. The molecule has 1 aliphatic carbocycles. The molecule has 3 N–H and O–H groups in total. The van der Waals surface area contributed by atoms with Gasteiger partial charge in [-0.2, -0.15) is 11.8 Å². The van der Waals surface area contributed by atoms with Crippen molar-refractivity contribution in [3.8, 4) is 0 Å². The van der Waals surface area contributed by atoms with Gasteiger partial charge in [0.15, 0.2) is 0 Å². The van der Waals surface area contributed by atoms with Crippen molar-refractivity contribution in [3.05, 3.63) is 5.89 Å². The zero-order valence-corrected chi connectivity index (χ0v) is 9.63. The first kappa shape index (κ1) is 11.4. The van der Waals surface area contributed by atoms with Crippen LogP contribution < -0.4 is 11.1 Å². The number of rotatable bonds is 6. The van der Waals surface area contributed by atoms with Crippen molar-refractivity contribution in [2.24, 2.45) is 5.73 Å². The number of nitrogens with zero attached hydrogens (tertiary/aromatic N) is 2. The molecular formula is C9H14N4O2S. The Labute approximate surface area is 97.4 Å². The molecular weight excluding hydrogens is 228 g/mol. The van der Waals surface area contributed by atoms with Crippen molar-refractivity contribution >= 4 is 23.7 Å². The SMILES string of the molecule is NCCSCC(=O)Nc1nnc(C2CC2)o1. The second-order valence-corrected chi connectivity index (χ2v) is 4.71. The molecule has 0 radical (unpaired) electrons. The molecule has 1 fully saturated rings. The van der Waals surface area contributed by atoms with Crippen LogP contribution in [0.2, 0.25) is 0 Å². The van der Waals surface area contributed by atoms with Crippen LogP contribution in [0.15, 0.2) is 4.42 Å². The van der Waals surface area contributed by atoms with E-state index >= 15 is 0 Å². The summed E-state index contributed by atoms with van der Waals surface area (Å²) in [5, 5.41) is 10.2. The van der Waals surface area contributed by atoms with E-state index in [9.17, 15) is 4.79 Å². The van der Waals surface area contributed by atoms with Crippen LogP contribution in [0.5, 0.6) is 0 Å². The molecule has 1 aromatic rings. The number of thioether (sulfide) groups is 1. The molecule has 7 heteroatoms. The fraction of sp³-hybridized carbons (Fsp3) is 0.667. The van der Waals surface area contributed by atoms with Gasteiger partial charge in [-0.15, -0.1) is 5.10 Å². The molecule has 1 amide bonds. The third kappa shape index (κ3) is 3.21. The number of anilines is 1. The lowest BCUT2D eigenvalue weighted by atomic mass is 10.4. The highest BCUT2D eigenvalue weighted by atomic mass is 32.2. The molecule has 1 saturated carbocycles. The van der Waals surface area contributed by atoms with Gasteiger partial charge in [0, 0.05) is 18.2 Å². The molecule has 1 aliphatic rings. The lowest BCUT2D eigenvalue weighted by molar-refractivity contribution is -0.113. The Balaban J connectivity index is 1.76. The van der Waals surface area contributed by atoms with E-state index < -0.39 is 0 Å². The first-order chi connectivity index (χ1) is 7.79. The zero-order chi connectivity index (χ0) is 11.4. The van der Waals surface area contributed by atoms with Crippen molar-refractivity contribution < 1.29 is 9.21 Å². The molecule has 0 atom stereocenters. The number of hydrogen-bond acceptors (Lipinski definition) is 6. The predicted octanol–water partition coefficient (Wildman–Crippen LogP) is 0.577. The van der Waals surface area contributed by atoms with Crippen molar-refractivity contribution in [2.75, 3.05) is 23.4 Å². The maximum Gasteiger partial charge on any atom is 0.322 e. The van der Waals surface area contributed by atoms with Gasteiger partial charge in [-0.1, -0.05) is 5.10 Å². The van der Waals surface area contributed by atoms with E-state index in [-0.39, 0.29) is 11.9 Å². The van der Waals surface area contributed by atoms with E-state index in [1.54, 1.807) is 0 Å². The second kappa shape index (κ2) is 5.31. The molecule has 0 unspecified atom stereocenters. The minimum absolute atomic E-state index is 0.135. The number of amides is 1. The normalized spacial score (nSPS) is 15.1. The fourth-order valence-electron chi connectivity index (χ4n) is 1.18. The van der Waals surface area contributed by atoms with Gasteiger partial charge in [-0.3, -0.25) is 10.1 Å². The van der Waals surface area contributed by atoms with Crippen LogP contribution in [0.1, 0.15) is 24.7 Å². The van der Waals surface area contributed by atoms with Gasteiger partial charge in [-0.25, -0.2) is 0 Å². The van der Waals surface area contributed by atoms with Crippen LogP contribution in [0.4, 0.5) is 6.01 Å². The average Bonchev–Trinajstić information content (AvgIpc) is 3.01. The molecule has 0 saturated heterocycles. The van der Waals surface area contributed by atoms with Gasteiger partial charge in [0.25, 0.3) is 0 Å². The largest absolute Gasteiger partial charge is 0.408 e. The van der Waals surface area contributed by atoms with Gasteiger partial charge in [-0.05, 0) is 12.8 Å². The van der Waals surface area contributed by atoms with Crippen LogP contribution in [0.3, 0.4) is 0 Å². The minimum atomic E-state index is -0.135. The maximum atomic E-state index is 11.4. The first-order valence-electron chi connectivity index (χ1n) is 5.20. The van der Waals surface area contributed by atoms with Gasteiger partial charge < -0.3 is 10.2 Å². The topological polar surface area (TPSA) is 94.0 Å². The smallest absolute Gasteiger partial charge is 0.322 e. The molecule has 0 spiro atoms. The zero-order valence-electron chi connectivity index (χ0n) is 8.81. The molecule has 1 heterocycles. The van der Waals surface area contributed by atoms with Crippen LogP contribution >= 0.6 is 11.8 Å². The number of nitrogens with one attached hydrogen (secondary N) is 1. The van der Waals surface area contributed by atoms with E-state index in [4.69, 9.17) is 10.2 Å². The Morgan fingerprint density at radius 1 is 1.56 bits per heavy atom. The van der Waals surface area contributed by atoms with Crippen molar-refractivity contribution in [3.63, 3.8) is 0 Å². The molecule has 1 aromatic heterocycles. The Morgan fingerprint density at radius 2 is 2.38 bits per heavy atom.